The molecule has 1 aromatic carbocycles. The Bertz CT molecular complexity index is 349. The lowest BCUT2D eigenvalue weighted by Crippen LogP contribution is -2.21. The predicted molar refractivity (Wildman–Crippen MR) is 61.8 cm³/mol. The molecule has 0 amide bonds. The molecule has 0 spiro atoms. The quantitative estimate of drug-likeness (QED) is 0.789. The minimum Gasteiger partial charge on any atom is -0.396 e. The summed E-state index contributed by atoms with van der Waals surface area (Å²) in [5.74, 6) is 0.464. The first kappa shape index (κ1) is 10.7. The molecule has 0 aromatic heterocycles. The van der Waals surface area contributed by atoms with Crippen LogP contribution in [0, 0.1) is 19.3 Å². The minimum absolute atomic E-state index is 0.0275. The summed E-state index contributed by atoms with van der Waals surface area (Å²) in [6.07, 6.45) is 1.03. The normalized spacial score (nSPS) is 29.2. The summed E-state index contributed by atoms with van der Waals surface area (Å²) in [5, 5.41) is 9.35. The van der Waals surface area contributed by atoms with Gasteiger partial charge in [0.1, 0.15) is 0 Å². The monoisotopic (exact) mass is 205 g/mol. The van der Waals surface area contributed by atoms with E-state index in [4.69, 9.17) is 5.73 Å². The van der Waals surface area contributed by atoms with Crippen molar-refractivity contribution in [3.05, 3.63) is 34.9 Å². The summed E-state index contributed by atoms with van der Waals surface area (Å²) in [6.45, 7) is 5.02. The van der Waals surface area contributed by atoms with Gasteiger partial charge in [0.15, 0.2) is 0 Å². The van der Waals surface area contributed by atoms with E-state index in [2.05, 4.69) is 32.0 Å². The Hall–Kier alpha value is -0.860. The third-order valence-corrected chi connectivity index (χ3v) is 3.56. The molecule has 1 saturated carbocycles. The molecule has 0 saturated heterocycles. The Labute approximate surface area is 91.1 Å². The molecule has 1 aliphatic rings. The van der Waals surface area contributed by atoms with Crippen molar-refractivity contribution in [2.45, 2.75) is 26.2 Å². The van der Waals surface area contributed by atoms with Crippen molar-refractivity contribution in [1.82, 2.24) is 0 Å². The zero-order chi connectivity index (χ0) is 11.1. The van der Waals surface area contributed by atoms with Gasteiger partial charge in [0.2, 0.25) is 0 Å². The molecule has 0 aliphatic heterocycles. The van der Waals surface area contributed by atoms with E-state index in [-0.39, 0.29) is 12.0 Å². The summed E-state index contributed by atoms with van der Waals surface area (Å²) in [4.78, 5) is 0. The molecule has 1 aliphatic carbocycles. The Morgan fingerprint density at radius 3 is 2.33 bits per heavy atom. The fraction of sp³-hybridized carbons (Fsp3) is 0.538. The summed E-state index contributed by atoms with van der Waals surface area (Å²) < 4.78 is 0. The standard InChI is InChI=1S/C13H19NO/c1-9-3-10(2)5-11(4-9)12-6-13(12,7-14)8-15/h3-5,12,15H,6-8,14H2,1-2H3. The second kappa shape index (κ2) is 3.62. The molecule has 1 aromatic rings. The van der Waals surface area contributed by atoms with E-state index in [1.165, 1.54) is 16.7 Å². The molecule has 2 heteroatoms. The highest BCUT2D eigenvalue weighted by molar-refractivity contribution is 5.36. The van der Waals surface area contributed by atoms with Gasteiger partial charge in [-0.15, -0.1) is 0 Å². The second-order valence-electron chi connectivity index (χ2n) is 4.90. The molecule has 2 nitrogen and oxygen atoms in total. The number of aliphatic hydroxyl groups is 1. The van der Waals surface area contributed by atoms with Crippen LogP contribution in [0.3, 0.4) is 0 Å². The highest BCUT2D eigenvalue weighted by Gasteiger charge is 2.53. The molecule has 3 N–H and O–H groups in total. The van der Waals surface area contributed by atoms with Gasteiger partial charge in [-0.25, -0.2) is 0 Å². The third-order valence-electron chi connectivity index (χ3n) is 3.56. The van der Waals surface area contributed by atoms with E-state index in [0.29, 0.717) is 12.5 Å². The maximum atomic E-state index is 9.35. The van der Waals surface area contributed by atoms with Crippen molar-refractivity contribution in [3.63, 3.8) is 0 Å². The minimum atomic E-state index is -0.0275. The number of nitrogens with two attached hydrogens (primary N) is 1. The Balaban J connectivity index is 2.26. The second-order valence-corrected chi connectivity index (χ2v) is 4.90. The molecular formula is C13H19NO. The van der Waals surface area contributed by atoms with E-state index in [1.54, 1.807) is 0 Å². The van der Waals surface area contributed by atoms with E-state index in [1.807, 2.05) is 0 Å². The first-order chi connectivity index (χ1) is 7.11. The van der Waals surface area contributed by atoms with Crippen LogP contribution in [0.4, 0.5) is 0 Å². The maximum absolute atomic E-state index is 9.35. The van der Waals surface area contributed by atoms with Gasteiger partial charge in [0.05, 0.1) is 6.61 Å². The summed E-state index contributed by atoms with van der Waals surface area (Å²) in [7, 11) is 0. The van der Waals surface area contributed by atoms with Gasteiger partial charge in [-0.1, -0.05) is 29.3 Å². The van der Waals surface area contributed by atoms with E-state index in [0.717, 1.165) is 6.42 Å². The van der Waals surface area contributed by atoms with E-state index in [9.17, 15) is 5.11 Å². The number of rotatable bonds is 3. The molecule has 2 rings (SSSR count). The average molecular weight is 205 g/mol. The van der Waals surface area contributed by atoms with Crippen molar-refractivity contribution < 1.29 is 5.11 Å². The molecule has 1 fully saturated rings. The predicted octanol–water partition coefficient (Wildman–Crippen LogP) is 1.73. The first-order valence-electron chi connectivity index (χ1n) is 5.50. The maximum Gasteiger partial charge on any atom is 0.0505 e. The van der Waals surface area contributed by atoms with E-state index < -0.39 is 0 Å². The zero-order valence-corrected chi connectivity index (χ0v) is 9.46. The molecule has 0 bridgehead atoms. The lowest BCUT2D eigenvalue weighted by molar-refractivity contribution is 0.211. The summed E-state index contributed by atoms with van der Waals surface area (Å²) in [5.41, 5.74) is 9.62. The molecule has 15 heavy (non-hydrogen) atoms. The highest BCUT2D eigenvalue weighted by atomic mass is 16.3. The van der Waals surface area contributed by atoms with Crippen molar-refractivity contribution in [3.8, 4) is 0 Å². The molecule has 0 heterocycles. The lowest BCUT2D eigenvalue weighted by atomic mass is 9.97. The largest absolute Gasteiger partial charge is 0.396 e. The first-order valence-corrected chi connectivity index (χ1v) is 5.50. The Kier molecular flexibility index (Phi) is 2.57. The van der Waals surface area contributed by atoms with Gasteiger partial charge in [0, 0.05) is 12.0 Å². The number of hydrogen-bond donors (Lipinski definition) is 2. The van der Waals surface area contributed by atoms with Gasteiger partial charge in [-0.2, -0.15) is 0 Å². The van der Waals surface area contributed by atoms with Crippen molar-refractivity contribution in [2.24, 2.45) is 11.1 Å². The van der Waals surface area contributed by atoms with Crippen molar-refractivity contribution >= 4 is 0 Å². The smallest absolute Gasteiger partial charge is 0.0505 e. The molecule has 0 radical (unpaired) electrons. The molecular weight excluding hydrogens is 186 g/mol. The Morgan fingerprint density at radius 1 is 1.33 bits per heavy atom. The topological polar surface area (TPSA) is 46.2 Å². The zero-order valence-electron chi connectivity index (χ0n) is 9.46. The van der Waals surface area contributed by atoms with Crippen molar-refractivity contribution in [1.29, 1.82) is 0 Å². The van der Waals surface area contributed by atoms with Crippen LogP contribution in [0.15, 0.2) is 18.2 Å². The summed E-state index contributed by atoms with van der Waals surface area (Å²) in [6, 6.07) is 6.60. The SMILES string of the molecule is Cc1cc(C)cc(C2CC2(CN)CO)c1. The van der Waals surface area contributed by atoms with Crippen LogP contribution in [0.25, 0.3) is 0 Å². The fourth-order valence-corrected chi connectivity index (χ4v) is 2.49. The van der Waals surface area contributed by atoms with Crippen LogP contribution < -0.4 is 5.73 Å². The summed E-state index contributed by atoms with van der Waals surface area (Å²) >= 11 is 0. The molecule has 82 valence electrons. The van der Waals surface area contributed by atoms with Crippen LogP contribution in [-0.4, -0.2) is 18.3 Å². The number of benzene rings is 1. The van der Waals surface area contributed by atoms with Crippen LogP contribution in [0.2, 0.25) is 0 Å². The Morgan fingerprint density at radius 2 is 1.93 bits per heavy atom. The van der Waals surface area contributed by atoms with Gasteiger partial charge in [0.25, 0.3) is 0 Å². The average Bonchev–Trinajstić information content (AvgIpc) is 2.91. The van der Waals surface area contributed by atoms with Gasteiger partial charge >= 0.3 is 0 Å². The van der Waals surface area contributed by atoms with E-state index >= 15 is 0 Å². The lowest BCUT2D eigenvalue weighted by Gasteiger charge is -2.12. The van der Waals surface area contributed by atoms with Crippen LogP contribution in [0.1, 0.15) is 29.0 Å². The molecule has 2 unspecified atom stereocenters. The van der Waals surface area contributed by atoms with Crippen LogP contribution >= 0.6 is 0 Å². The van der Waals surface area contributed by atoms with Gasteiger partial charge < -0.3 is 10.8 Å². The fourth-order valence-electron chi connectivity index (χ4n) is 2.49. The number of aliphatic hydroxyl groups excluding tert-OH is 1. The third kappa shape index (κ3) is 1.80. The molecule has 2 atom stereocenters. The number of hydrogen-bond acceptors (Lipinski definition) is 2. The van der Waals surface area contributed by atoms with Gasteiger partial charge in [-0.05, 0) is 31.7 Å². The highest BCUT2D eigenvalue weighted by Crippen LogP contribution is 2.58. The van der Waals surface area contributed by atoms with Crippen LogP contribution in [-0.2, 0) is 0 Å². The van der Waals surface area contributed by atoms with Crippen LogP contribution in [0.5, 0.6) is 0 Å². The van der Waals surface area contributed by atoms with Crippen molar-refractivity contribution in [2.75, 3.05) is 13.2 Å². The van der Waals surface area contributed by atoms with Gasteiger partial charge in [-0.3, -0.25) is 0 Å². The number of aryl methyl sites for hydroxylation is 2.